The van der Waals surface area contributed by atoms with E-state index in [-0.39, 0.29) is 17.9 Å². The zero-order valence-corrected chi connectivity index (χ0v) is 15.0. The third-order valence-corrected chi connectivity index (χ3v) is 5.15. The molecule has 0 radical (unpaired) electrons. The fraction of sp³-hybridized carbons (Fsp3) is 0.556. The molecule has 26 heavy (non-hydrogen) atoms. The minimum atomic E-state index is -0.609. The van der Waals surface area contributed by atoms with Crippen molar-refractivity contribution in [2.75, 3.05) is 20.2 Å². The van der Waals surface area contributed by atoms with Crippen LogP contribution in [0.15, 0.2) is 12.4 Å². The maximum atomic E-state index is 12.7. The normalized spacial score (nSPS) is 21.2. The van der Waals surface area contributed by atoms with Gasteiger partial charge in [-0.1, -0.05) is 0 Å². The summed E-state index contributed by atoms with van der Waals surface area (Å²) in [6, 6.07) is -0.609. The average Bonchev–Trinajstić information content (AvgIpc) is 3.23. The largest absolute Gasteiger partial charge is 0.380 e. The van der Waals surface area contributed by atoms with Gasteiger partial charge in [-0.25, -0.2) is 9.97 Å². The fourth-order valence-corrected chi connectivity index (χ4v) is 3.38. The zero-order chi connectivity index (χ0) is 18.3. The first kappa shape index (κ1) is 17.0. The number of fused-ring (bicyclic) bond motifs is 1. The van der Waals surface area contributed by atoms with Crippen molar-refractivity contribution in [3.8, 4) is 0 Å². The summed E-state index contributed by atoms with van der Waals surface area (Å²) in [5.41, 5.74) is 2.50. The third kappa shape index (κ3) is 3.16. The molecule has 2 aliphatic rings. The summed E-state index contributed by atoms with van der Waals surface area (Å²) in [6.07, 6.45) is 6.51. The first-order valence-electron chi connectivity index (χ1n) is 9.03. The Kier molecular flexibility index (Phi) is 4.36. The standard InChI is InChI=1S/C18H23N5O3/c1-10(18(25)23-6-5-12(9-23)26-2)21-17(24)13-7-19-16-15(13)22-14(8-20-16)11-3-4-11/h7-8,10-12H,3-6,9H2,1-2H3,(H,19,20)(H,21,24)/t10-,12?/m1/s1. The van der Waals surface area contributed by atoms with Gasteiger partial charge in [0.2, 0.25) is 5.91 Å². The average molecular weight is 357 g/mol. The number of methoxy groups -OCH3 is 1. The van der Waals surface area contributed by atoms with Crippen LogP contribution < -0.4 is 5.32 Å². The van der Waals surface area contributed by atoms with Crippen molar-refractivity contribution in [1.82, 2.24) is 25.2 Å². The number of amides is 2. The van der Waals surface area contributed by atoms with Gasteiger partial charge in [-0.3, -0.25) is 9.59 Å². The van der Waals surface area contributed by atoms with Crippen LogP contribution in [0.4, 0.5) is 0 Å². The smallest absolute Gasteiger partial charge is 0.255 e. The van der Waals surface area contributed by atoms with Gasteiger partial charge in [0.25, 0.3) is 5.91 Å². The van der Waals surface area contributed by atoms with Crippen LogP contribution in [0.3, 0.4) is 0 Å². The van der Waals surface area contributed by atoms with Gasteiger partial charge in [-0.15, -0.1) is 0 Å². The highest BCUT2D eigenvalue weighted by molar-refractivity contribution is 6.05. The molecule has 1 saturated heterocycles. The van der Waals surface area contributed by atoms with E-state index in [1.165, 1.54) is 0 Å². The lowest BCUT2D eigenvalue weighted by molar-refractivity contribution is -0.132. The van der Waals surface area contributed by atoms with Gasteiger partial charge < -0.3 is 19.9 Å². The quantitative estimate of drug-likeness (QED) is 0.837. The molecule has 2 aromatic rings. The van der Waals surface area contributed by atoms with E-state index in [2.05, 4.69) is 20.3 Å². The maximum absolute atomic E-state index is 12.7. The van der Waals surface area contributed by atoms with Gasteiger partial charge in [0.15, 0.2) is 5.65 Å². The van der Waals surface area contributed by atoms with Crippen molar-refractivity contribution in [2.24, 2.45) is 0 Å². The molecule has 0 aromatic carbocycles. The van der Waals surface area contributed by atoms with E-state index in [0.717, 1.165) is 25.0 Å². The lowest BCUT2D eigenvalue weighted by atomic mass is 10.2. The molecule has 2 N–H and O–H groups in total. The molecule has 1 aliphatic heterocycles. The molecular weight excluding hydrogens is 334 g/mol. The number of carbonyl (C=O) groups excluding carboxylic acids is 2. The molecule has 3 heterocycles. The number of rotatable bonds is 5. The molecule has 1 aliphatic carbocycles. The second kappa shape index (κ2) is 6.68. The van der Waals surface area contributed by atoms with Crippen LogP contribution in [-0.4, -0.2) is 64.0 Å². The summed E-state index contributed by atoms with van der Waals surface area (Å²) in [4.78, 5) is 38.9. The Morgan fingerprint density at radius 1 is 1.38 bits per heavy atom. The highest BCUT2D eigenvalue weighted by Gasteiger charge is 2.30. The Morgan fingerprint density at radius 2 is 2.19 bits per heavy atom. The van der Waals surface area contributed by atoms with Crippen molar-refractivity contribution in [1.29, 1.82) is 0 Å². The molecule has 2 atom stereocenters. The minimum absolute atomic E-state index is 0.0755. The first-order chi connectivity index (χ1) is 12.6. The number of carbonyl (C=O) groups is 2. The van der Waals surface area contributed by atoms with Crippen LogP contribution in [0.1, 0.15) is 48.2 Å². The van der Waals surface area contributed by atoms with Gasteiger partial charge in [0.05, 0.1) is 23.6 Å². The van der Waals surface area contributed by atoms with Gasteiger partial charge in [-0.2, -0.15) is 0 Å². The maximum Gasteiger partial charge on any atom is 0.255 e. The summed E-state index contributed by atoms with van der Waals surface area (Å²) in [5.74, 6) is 0.0476. The van der Waals surface area contributed by atoms with Gasteiger partial charge >= 0.3 is 0 Å². The Bertz CT molecular complexity index is 844. The fourth-order valence-electron chi connectivity index (χ4n) is 3.38. The van der Waals surface area contributed by atoms with Crippen molar-refractivity contribution in [2.45, 2.75) is 44.2 Å². The summed E-state index contributed by atoms with van der Waals surface area (Å²) in [7, 11) is 1.65. The predicted molar refractivity (Wildman–Crippen MR) is 94.8 cm³/mol. The van der Waals surface area contributed by atoms with E-state index in [9.17, 15) is 9.59 Å². The van der Waals surface area contributed by atoms with Crippen LogP contribution in [0.2, 0.25) is 0 Å². The topological polar surface area (TPSA) is 100 Å². The van der Waals surface area contributed by atoms with Crippen LogP contribution in [-0.2, 0) is 9.53 Å². The van der Waals surface area contributed by atoms with Crippen molar-refractivity contribution >= 4 is 23.0 Å². The van der Waals surface area contributed by atoms with Crippen molar-refractivity contribution < 1.29 is 14.3 Å². The molecule has 0 spiro atoms. The number of hydrogen-bond donors (Lipinski definition) is 2. The molecule has 4 rings (SSSR count). The van der Waals surface area contributed by atoms with Gasteiger partial charge in [-0.05, 0) is 26.2 Å². The number of aromatic amines is 1. The second-order valence-corrected chi connectivity index (χ2v) is 7.09. The monoisotopic (exact) mass is 357 g/mol. The first-order valence-corrected chi connectivity index (χ1v) is 9.03. The molecule has 0 bridgehead atoms. The van der Waals surface area contributed by atoms with E-state index in [4.69, 9.17) is 4.74 Å². The van der Waals surface area contributed by atoms with Crippen LogP contribution in [0.5, 0.6) is 0 Å². The van der Waals surface area contributed by atoms with Gasteiger partial charge in [0, 0.05) is 32.3 Å². The van der Waals surface area contributed by atoms with Crippen molar-refractivity contribution in [3.05, 3.63) is 23.7 Å². The second-order valence-electron chi connectivity index (χ2n) is 7.09. The molecule has 1 unspecified atom stereocenters. The van der Waals surface area contributed by atoms with E-state index >= 15 is 0 Å². The van der Waals surface area contributed by atoms with E-state index in [0.29, 0.717) is 35.7 Å². The zero-order valence-electron chi connectivity index (χ0n) is 15.0. The molecular formula is C18H23N5O3. The van der Waals surface area contributed by atoms with Crippen LogP contribution in [0, 0.1) is 0 Å². The summed E-state index contributed by atoms with van der Waals surface area (Å²) in [6.45, 7) is 2.93. The Morgan fingerprint density at radius 3 is 2.88 bits per heavy atom. The van der Waals surface area contributed by atoms with E-state index in [1.54, 1.807) is 31.3 Å². The number of ether oxygens (including phenoxy) is 1. The van der Waals surface area contributed by atoms with Crippen molar-refractivity contribution in [3.63, 3.8) is 0 Å². The number of hydrogen-bond acceptors (Lipinski definition) is 5. The Balaban J connectivity index is 1.46. The number of nitrogens with zero attached hydrogens (tertiary/aromatic N) is 3. The Hall–Kier alpha value is -2.48. The van der Waals surface area contributed by atoms with Gasteiger partial charge in [0.1, 0.15) is 11.6 Å². The summed E-state index contributed by atoms with van der Waals surface area (Å²) < 4.78 is 5.29. The van der Waals surface area contributed by atoms with E-state index in [1.807, 2.05) is 0 Å². The molecule has 138 valence electrons. The lowest BCUT2D eigenvalue weighted by Gasteiger charge is -2.21. The highest BCUT2D eigenvalue weighted by atomic mass is 16.5. The third-order valence-electron chi connectivity index (χ3n) is 5.15. The lowest BCUT2D eigenvalue weighted by Crippen LogP contribution is -2.46. The minimum Gasteiger partial charge on any atom is -0.380 e. The highest BCUT2D eigenvalue weighted by Crippen LogP contribution is 2.39. The molecule has 2 fully saturated rings. The Labute approximate surface area is 151 Å². The van der Waals surface area contributed by atoms with E-state index < -0.39 is 6.04 Å². The molecule has 8 nitrogen and oxygen atoms in total. The SMILES string of the molecule is COC1CCN(C(=O)[C@@H](C)NC(=O)c2c[nH]c3ncc(C4CC4)nc23)C1. The summed E-state index contributed by atoms with van der Waals surface area (Å²) >= 11 is 0. The number of likely N-dealkylation sites (tertiary alicyclic amines) is 1. The molecule has 2 amide bonds. The van der Waals surface area contributed by atoms with Crippen LogP contribution >= 0.6 is 0 Å². The summed E-state index contributed by atoms with van der Waals surface area (Å²) in [5, 5.41) is 2.79. The number of nitrogens with one attached hydrogen (secondary N) is 2. The molecule has 1 saturated carbocycles. The predicted octanol–water partition coefficient (Wildman–Crippen LogP) is 1.20. The molecule has 8 heteroatoms. The molecule has 2 aromatic heterocycles. The van der Waals surface area contributed by atoms with Crippen LogP contribution in [0.25, 0.3) is 11.2 Å². The number of H-pyrrole nitrogens is 1. The number of aromatic nitrogens is 3.